The van der Waals surface area contributed by atoms with Crippen LogP contribution in [-0.4, -0.2) is 23.1 Å². The molecule has 6 heteroatoms. The summed E-state index contributed by atoms with van der Waals surface area (Å²) in [5, 5.41) is 3.32. The van der Waals surface area contributed by atoms with E-state index in [2.05, 4.69) is 20.9 Å². The van der Waals surface area contributed by atoms with Crippen LogP contribution in [0.15, 0.2) is 35.7 Å². The summed E-state index contributed by atoms with van der Waals surface area (Å²) in [6.07, 6.45) is 0.932. The molecule has 1 aliphatic rings. The fourth-order valence-corrected chi connectivity index (χ4v) is 3.54. The van der Waals surface area contributed by atoms with Gasteiger partial charge in [-0.2, -0.15) is 4.98 Å². The number of nitrogens with zero attached hydrogens (tertiary/aromatic N) is 3. The van der Waals surface area contributed by atoms with Crippen LogP contribution < -0.4 is 9.64 Å². The SMILES string of the molecule is Clc1nc(N2CCCOc3ccccc32)c2ccsc2n1. The lowest BCUT2D eigenvalue weighted by Crippen LogP contribution is -2.19. The highest BCUT2D eigenvalue weighted by atomic mass is 35.5. The molecule has 0 radical (unpaired) electrons. The molecule has 0 bridgehead atoms. The van der Waals surface area contributed by atoms with Crippen LogP contribution in [0.1, 0.15) is 6.42 Å². The lowest BCUT2D eigenvalue weighted by atomic mass is 10.2. The predicted molar refractivity (Wildman–Crippen MR) is 86.0 cm³/mol. The molecule has 3 aromatic rings. The van der Waals surface area contributed by atoms with Gasteiger partial charge in [0.05, 0.1) is 17.7 Å². The van der Waals surface area contributed by atoms with Crippen molar-refractivity contribution in [2.75, 3.05) is 18.1 Å². The Balaban J connectivity index is 1.94. The van der Waals surface area contributed by atoms with Crippen molar-refractivity contribution in [2.24, 2.45) is 0 Å². The highest BCUT2D eigenvalue weighted by molar-refractivity contribution is 7.16. The van der Waals surface area contributed by atoms with E-state index in [4.69, 9.17) is 16.3 Å². The summed E-state index contributed by atoms with van der Waals surface area (Å²) >= 11 is 7.67. The molecule has 0 aliphatic carbocycles. The molecule has 0 fully saturated rings. The highest BCUT2D eigenvalue weighted by Gasteiger charge is 2.21. The Hall–Kier alpha value is -1.85. The van der Waals surface area contributed by atoms with E-state index in [-0.39, 0.29) is 5.28 Å². The van der Waals surface area contributed by atoms with Crippen LogP contribution in [0.25, 0.3) is 10.2 Å². The molecule has 0 saturated heterocycles. The fraction of sp³-hybridized carbons (Fsp3) is 0.200. The molecule has 2 aromatic heterocycles. The monoisotopic (exact) mass is 317 g/mol. The number of thiophene rings is 1. The van der Waals surface area contributed by atoms with Crippen LogP contribution in [0.3, 0.4) is 0 Å². The Morgan fingerprint density at radius 3 is 3.05 bits per heavy atom. The summed E-state index contributed by atoms with van der Waals surface area (Å²) in [5.41, 5.74) is 1.03. The van der Waals surface area contributed by atoms with E-state index >= 15 is 0 Å². The van der Waals surface area contributed by atoms with Gasteiger partial charge in [0.15, 0.2) is 0 Å². The van der Waals surface area contributed by atoms with E-state index < -0.39 is 0 Å². The number of halogens is 1. The third kappa shape index (κ3) is 2.22. The normalized spacial score (nSPS) is 14.6. The zero-order valence-corrected chi connectivity index (χ0v) is 12.7. The quantitative estimate of drug-likeness (QED) is 0.628. The molecule has 0 spiro atoms. The summed E-state index contributed by atoms with van der Waals surface area (Å²) in [6.45, 7) is 1.55. The maximum Gasteiger partial charge on any atom is 0.225 e. The van der Waals surface area contributed by atoms with Gasteiger partial charge in [-0.15, -0.1) is 11.3 Å². The molecule has 1 aliphatic heterocycles. The average Bonchev–Trinajstić information content (AvgIpc) is 2.85. The van der Waals surface area contributed by atoms with Crippen LogP contribution in [0.5, 0.6) is 5.75 Å². The summed E-state index contributed by atoms with van der Waals surface area (Å²) in [5.74, 6) is 1.73. The Morgan fingerprint density at radius 1 is 1.19 bits per heavy atom. The molecular formula is C15H12ClN3OS. The molecule has 0 amide bonds. The Labute approximate surface area is 131 Å². The second-order valence-electron chi connectivity index (χ2n) is 4.78. The number of ether oxygens (including phenoxy) is 1. The standard InChI is InChI=1S/C15H12ClN3OS/c16-15-17-13(10-6-9-21-14(10)18-15)19-7-3-8-20-12-5-2-1-4-11(12)19/h1-2,4-6,9H,3,7-8H2. The smallest absolute Gasteiger partial charge is 0.225 e. The second kappa shape index (κ2) is 5.16. The summed E-state index contributed by atoms with van der Waals surface area (Å²) in [4.78, 5) is 11.8. The minimum atomic E-state index is 0.280. The number of rotatable bonds is 1. The number of fused-ring (bicyclic) bond motifs is 2. The minimum Gasteiger partial charge on any atom is -0.491 e. The van der Waals surface area contributed by atoms with E-state index in [1.807, 2.05) is 29.6 Å². The van der Waals surface area contributed by atoms with Gasteiger partial charge in [0, 0.05) is 6.54 Å². The summed E-state index contributed by atoms with van der Waals surface area (Å²) in [7, 11) is 0. The molecule has 21 heavy (non-hydrogen) atoms. The second-order valence-corrected chi connectivity index (χ2v) is 6.01. The molecule has 0 saturated carbocycles. The van der Waals surface area contributed by atoms with Gasteiger partial charge in [-0.25, -0.2) is 4.98 Å². The molecular weight excluding hydrogens is 306 g/mol. The van der Waals surface area contributed by atoms with E-state index in [1.165, 1.54) is 0 Å². The zero-order chi connectivity index (χ0) is 14.2. The molecule has 0 atom stereocenters. The van der Waals surface area contributed by atoms with E-state index in [9.17, 15) is 0 Å². The van der Waals surface area contributed by atoms with Gasteiger partial charge in [-0.05, 0) is 41.6 Å². The molecule has 106 valence electrons. The first-order valence-corrected chi connectivity index (χ1v) is 7.99. The summed E-state index contributed by atoms with van der Waals surface area (Å²) in [6, 6.07) is 10.1. The van der Waals surface area contributed by atoms with Crippen molar-refractivity contribution in [1.29, 1.82) is 0 Å². The lowest BCUT2D eigenvalue weighted by molar-refractivity contribution is 0.322. The highest BCUT2D eigenvalue weighted by Crippen LogP contribution is 2.38. The first-order valence-electron chi connectivity index (χ1n) is 6.73. The maximum absolute atomic E-state index is 6.09. The number of para-hydroxylation sites is 2. The fourth-order valence-electron chi connectivity index (χ4n) is 2.57. The Bertz CT molecular complexity index is 804. The predicted octanol–water partition coefficient (Wildman–Crippen LogP) is 4.27. The minimum absolute atomic E-state index is 0.280. The van der Waals surface area contributed by atoms with Crippen LogP contribution in [0, 0.1) is 0 Å². The van der Waals surface area contributed by atoms with Crippen LogP contribution in [0.4, 0.5) is 11.5 Å². The van der Waals surface area contributed by atoms with E-state index in [0.29, 0.717) is 6.61 Å². The average molecular weight is 318 g/mol. The van der Waals surface area contributed by atoms with Crippen molar-refractivity contribution in [3.8, 4) is 5.75 Å². The third-order valence-corrected chi connectivity index (χ3v) is 4.45. The van der Waals surface area contributed by atoms with Gasteiger partial charge in [0.1, 0.15) is 16.4 Å². The van der Waals surface area contributed by atoms with Crippen molar-refractivity contribution in [1.82, 2.24) is 9.97 Å². The van der Waals surface area contributed by atoms with Crippen molar-refractivity contribution >= 4 is 44.7 Å². The van der Waals surface area contributed by atoms with Gasteiger partial charge in [-0.3, -0.25) is 0 Å². The van der Waals surface area contributed by atoms with Gasteiger partial charge < -0.3 is 9.64 Å². The molecule has 0 unspecified atom stereocenters. The Kier molecular flexibility index (Phi) is 3.16. The van der Waals surface area contributed by atoms with Crippen molar-refractivity contribution < 1.29 is 4.74 Å². The number of hydrogen-bond donors (Lipinski definition) is 0. The summed E-state index contributed by atoms with van der Waals surface area (Å²) < 4.78 is 5.81. The lowest BCUT2D eigenvalue weighted by Gasteiger charge is -2.23. The molecule has 4 rings (SSSR count). The van der Waals surface area contributed by atoms with Crippen molar-refractivity contribution in [3.05, 3.63) is 41.0 Å². The maximum atomic E-state index is 6.09. The van der Waals surface area contributed by atoms with Crippen LogP contribution >= 0.6 is 22.9 Å². The number of benzene rings is 1. The van der Waals surface area contributed by atoms with E-state index in [1.54, 1.807) is 11.3 Å². The number of aromatic nitrogens is 2. The number of hydrogen-bond acceptors (Lipinski definition) is 5. The van der Waals surface area contributed by atoms with Gasteiger partial charge in [-0.1, -0.05) is 12.1 Å². The third-order valence-electron chi connectivity index (χ3n) is 3.47. The molecule has 1 aromatic carbocycles. The van der Waals surface area contributed by atoms with Crippen molar-refractivity contribution in [3.63, 3.8) is 0 Å². The van der Waals surface area contributed by atoms with Crippen LogP contribution in [0.2, 0.25) is 5.28 Å². The van der Waals surface area contributed by atoms with E-state index in [0.717, 1.165) is 40.4 Å². The van der Waals surface area contributed by atoms with Crippen LogP contribution in [-0.2, 0) is 0 Å². The first kappa shape index (κ1) is 12.9. The largest absolute Gasteiger partial charge is 0.491 e. The topological polar surface area (TPSA) is 38.2 Å². The van der Waals surface area contributed by atoms with Gasteiger partial charge >= 0.3 is 0 Å². The molecule has 4 nitrogen and oxygen atoms in total. The van der Waals surface area contributed by atoms with Gasteiger partial charge in [0.25, 0.3) is 0 Å². The number of anilines is 2. The molecule has 0 N–H and O–H groups in total. The Morgan fingerprint density at radius 2 is 2.10 bits per heavy atom. The van der Waals surface area contributed by atoms with Gasteiger partial charge in [0.2, 0.25) is 5.28 Å². The van der Waals surface area contributed by atoms with Crippen molar-refractivity contribution in [2.45, 2.75) is 6.42 Å². The zero-order valence-electron chi connectivity index (χ0n) is 11.1. The molecule has 3 heterocycles. The first-order chi connectivity index (χ1) is 10.3.